The van der Waals surface area contributed by atoms with Crippen molar-refractivity contribution in [1.82, 2.24) is 4.98 Å². The van der Waals surface area contributed by atoms with Crippen LogP contribution in [0.1, 0.15) is 19.0 Å². The van der Waals surface area contributed by atoms with Gasteiger partial charge in [-0.25, -0.2) is 13.4 Å². The van der Waals surface area contributed by atoms with Crippen LogP contribution in [0, 0.1) is 6.92 Å². The summed E-state index contributed by atoms with van der Waals surface area (Å²) in [5.41, 5.74) is 0.983. The van der Waals surface area contributed by atoms with Gasteiger partial charge in [-0.15, -0.1) is 11.3 Å². The Balaban J connectivity index is 2.51. The molecule has 2 rings (SSSR count). The highest BCUT2D eigenvalue weighted by molar-refractivity contribution is 8.15. The van der Waals surface area contributed by atoms with Gasteiger partial charge in [0.15, 0.2) is 15.7 Å². The SMILES string of the molecule is CCCOc1c(Cl)cc(-c2nc(C)c(S(=O)(=O)Cl)s2)cc1OC. The van der Waals surface area contributed by atoms with E-state index in [4.69, 9.17) is 31.8 Å². The number of aromatic nitrogens is 1. The van der Waals surface area contributed by atoms with Crippen LogP contribution in [0.4, 0.5) is 0 Å². The van der Waals surface area contributed by atoms with Gasteiger partial charge in [0.1, 0.15) is 5.01 Å². The van der Waals surface area contributed by atoms with Crippen LogP contribution >= 0.6 is 33.6 Å². The van der Waals surface area contributed by atoms with Crippen LogP contribution in [0.15, 0.2) is 16.3 Å². The maximum Gasteiger partial charge on any atom is 0.272 e. The van der Waals surface area contributed by atoms with Gasteiger partial charge in [-0.2, -0.15) is 0 Å². The van der Waals surface area contributed by atoms with E-state index in [1.165, 1.54) is 7.11 Å². The quantitative estimate of drug-likeness (QED) is 0.673. The molecule has 0 radical (unpaired) electrons. The molecule has 0 saturated heterocycles. The fraction of sp³-hybridized carbons (Fsp3) is 0.357. The number of methoxy groups -OCH3 is 1. The first kappa shape index (κ1) is 18.3. The molecule has 0 atom stereocenters. The minimum Gasteiger partial charge on any atom is -0.493 e. The zero-order chi connectivity index (χ0) is 17.2. The second-order valence-electron chi connectivity index (χ2n) is 4.67. The second-order valence-corrected chi connectivity index (χ2v) is 8.84. The molecule has 0 spiro atoms. The second kappa shape index (κ2) is 7.25. The van der Waals surface area contributed by atoms with Crippen molar-refractivity contribution in [2.45, 2.75) is 24.5 Å². The molecule has 0 fully saturated rings. The Morgan fingerprint density at radius 2 is 2.04 bits per heavy atom. The lowest BCUT2D eigenvalue weighted by atomic mass is 10.2. The van der Waals surface area contributed by atoms with Gasteiger partial charge < -0.3 is 9.47 Å². The normalized spacial score (nSPS) is 11.5. The maximum absolute atomic E-state index is 11.5. The lowest BCUT2D eigenvalue weighted by molar-refractivity contribution is 0.294. The first-order chi connectivity index (χ1) is 10.8. The lowest BCUT2D eigenvalue weighted by Gasteiger charge is -2.13. The number of halogens is 2. The summed E-state index contributed by atoms with van der Waals surface area (Å²) < 4.78 is 34.0. The smallest absolute Gasteiger partial charge is 0.272 e. The van der Waals surface area contributed by atoms with E-state index in [0.717, 1.165) is 17.8 Å². The Labute approximate surface area is 148 Å². The standard InChI is InChI=1S/C14H15Cl2NO4S2/c1-4-5-21-12-10(15)6-9(7-11(12)20-3)13-17-8(2)14(22-13)23(16,18)19/h6-7H,4-5H2,1-3H3. The number of nitrogens with zero attached hydrogens (tertiary/aromatic N) is 1. The predicted molar refractivity (Wildman–Crippen MR) is 92.7 cm³/mol. The van der Waals surface area contributed by atoms with Crippen LogP contribution in [0.5, 0.6) is 11.5 Å². The summed E-state index contributed by atoms with van der Waals surface area (Å²) >= 11 is 7.25. The number of benzene rings is 1. The highest BCUT2D eigenvalue weighted by Gasteiger charge is 2.21. The van der Waals surface area contributed by atoms with Gasteiger partial charge in [0.05, 0.1) is 24.4 Å². The highest BCUT2D eigenvalue weighted by atomic mass is 35.7. The molecule has 23 heavy (non-hydrogen) atoms. The fourth-order valence-electron chi connectivity index (χ4n) is 1.92. The van der Waals surface area contributed by atoms with E-state index in [9.17, 15) is 8.42 Å². The molecule has 0 aliphatic heterocycles. The first-order valence-electron chi connectivity index (χ1n) is 6.70. The number of thiazole rings is 1. The molecule has 0 aliphatic rings. The molecular weight excluding hydrogens is 381 g/mol. The molecule has 1 aromatic carbocycles. The van der Waals surface area contributed by atoms with Crippen LogP contribution in [-0.4, -0.2) is 27.1 Å². The molecule has 0 bridgehead atoms. The van der Waals surface area contributed by atoms with Crippen molar-refractivity contribution >= 4 is 42.7 Å². The molecule has 9 heteroatoms. The van der Waals surface area contributed by atoms with E-state index in [1.807, 2.05) is 6.92 Å². The number of aryl methyl sites for hydroxylation is 1. The third-order valence-electron chi connectivity index (χ3n) is 2.90. The Bertz CT molecular complexity index is 818. The Kier molecular flexibility index (Phi) is 5.78. The number of hydrogen-bond acceptors (Lipinski definition) is 6. The van der Waals surface area contributed by atoms with E-state index >= 15 is 0 Å². The monoisotopic (exact) mass is 395 g/mol. The zero-order valence-corrected chi connectivity index (χ0v) is 15.9. The molecule has 0 unspecified atom stereocenters. The van der Waals surface area contributed by atoms with Crippen LogP contribution in [-0.2, 0) is 9.05 Å². The molecule has 0 amide bonds. The molecule has 0 aliphatic carbocycles. The summed E-state index contributed by atoms with van der Waals surface area (Å²) in [5, 5.41) is 0.861. The maximum atomic E-state index is 11.5. The molecule has 126 valence electrons. The van der Waals surface area contributed by atoms with Gasteiger partial charge in [0.2, 0.25) is 0 Å². The predicted octanol–water partition coefficient (Wildman–Crippen LogP) is 4.50. The minimum atomic E-state index is -3.83. The molecule has 2 aromatic rings. The molecule has 0 N–H and O–H groups in total. The van der Waals surface area contributed by atoms with Gasteiger partial charge in [0, 0.05) is 16.2 Å². The molecular formula is C14H15Cl2NO4S2. The number of ether oxygens (including phenoxy) is 2. The molecule has 5 nitrogen and oxygen atoms in total. The average Bonchev–Trinajstić information content (AvgIpc) is 2.87. The van der Waals surface area contributed by atoms with E-state index in [0.29, 0.717) is 39.4 Å². The summed E-state index contributed by atoms with van der Waals surface area (Å²) in [4.78, 5) is 4.26. The lowest BCUT2D eigenvalue weighted by Crippen LogP contribution is -1.99. The zero-order valence-electron chi connectivity index (χ0n) is 12.7. The topological polar surface area (TPSA) is 65.5 Å². The molecule has 1 heterocycles. The summed E-state index contributed by atoms with van der Waals surface area (Å²) in [6.07, 6.45) is 0.837. The van der Waals surface area contributed by atoms with Gasteiger partial charge in [-0.3, -0.25) is 0 Å². The van der Waals surface area contributed by atoms with Crippen molar-refractivity contribution in [2.75, 3.05) is 13.7 Å². The Hall–Kier alpha value is -1.02. The van der Waals surface area contributed by atoms with E-state index < -0.39 is 9.05 Å². The van der Waals surface area contributed by atoms with E-state index in [1.54, 1.807) is 19.1 Å². The van der Waals surface area contributed by atoms with Gasteiger partial charge >= 0.3 is 0 Å². The molecule has 1 aromatic heterocycles. The Morgan fingerprint density at radius 1 is 1.35 bits per heavy atom. The summed E-state index contributed by atoms with van der Waals surface area (Å²) in [7, 11) is 3.09. The number of rotatable bonds is 6. The van der Waals surface area contributed by atoms with Gasteiger partial charge in [0.25, 0.3) is 9.05 Å². The highest BCUT2D eigenvalue weighted by Crippen LogP contribution is 2.41. The van der Waals surface area contributed by atoms with Crippen LogP contribution in [0.25, 0.3) is 10.6 Å². The summed E-state index contributed by atoms with van der Waals surface area (Å²) in [6.45, 7) is 4.09. The van der Waals surface area contributed by atoms with Crippen molar-refractivity contribution in [1.29, 1.82) is 0 Å². The minimum absolute atomic E-state index is 0.0237. The van der Waals surface area contributed by atoms with Gasteiger partial charge in [-0.05, 0) is 25.5 Å². The van der Waals surface area contributed by atoms with Crippen molar-refractivity contribution in [3.8, 4) is 22.1 Å². The summed E-state index contributed by atoms with van der Waals surface area (Å²) in [5.74, 6) is 0.919. The third-order valence-corrected chi connectivity index (χ3v) is 6.57. The van der Waals surface area contributed by atoms with Crippen molar-refractivity contribution in [2.24, 2.45) is 0 Å². The van der Waals surface area contributed by atoms with Crippen molar-refractivity contribution in [3.63, 3.8) is 0 Å². The van der Waals surface area contributed by atoms with E-state index in [-0.39, 0.29) is 4.21 Å². The molecule has 0 saturated carbocycles. The van der Waals surface area contributed by atoms with Crippen LogP contribution in [0.2, 0.25) is 5.02 Å². The van der Waals surface area contributed by atoms with E-state index in [2.05, 4.69) is 4.98 Å². The van der Waals surface area contributed by atoms with Gasteiger partial charge in [-0.1, -0.05) is 18.5 Å². The first-order valence-corrected chi connectivity index (χ1v) is 10.2. The Morgan fingerprint density at radius 3 is 2.57 bits per heavy atom. The largest absolute Gasteiger partial charge is 0.493 e. The summed E-state index contributed by atoms with van der Waals surface area (Å²) in [6, 6.07) is 3.37. The van der Waals surface area contributed by atoms with Crippen LogP contribution in [0.3, 0.4) is 0 Å². The average molecular weight is 396 g/mol. The van der Waals surface area contributed by atoms with Crippen molar-refractivity contribution in [3.05, 3.63) is 22.8 Å². The van der Waals surface area contributed by atoms with Crippen LogP contribution < -0.4 is 9.47 Å². The fourth-order valence-corrected chi connectivity index (χ4v) is 4.62. The number of hydrogen-bond donors (Lipinski definition) is 0. The third kappa shape index (κ3) is 4.09. The van der Waals surface area contributed by atoms with Crippen molar-refractivity contribution < 1.29 is 17.9 Å².